The number of rotatable bonds is 4. The Morgan fingerprint density at radius 3 is 2.37 bits per heavy atom. The third kappa shape index (κ3) is 3.80. The van der Waals surface area contributed by atoms with Gasteiger partial charge in [-0.3, -0.25) is 4.79 Å². The minimum atomic E-state index is -3.88. The van der Waals surface area contributed by atoms with Crippen LogP contribution < -0.4 is 5.32 Å². The van der Waals surface area contributed by atoms with Crippen molar-refractivity contribution in [3.8, 4) is 0 Å². The fraction of sp³-hybridized carbons (Fsp3) is 0.235. The first-order valence-electron chi connectivity index (χ1n) is 7.96. The molecule has 1 saturated heterocycles. The highest BCUT2D eigenvalue weighted by Gasteiger charge is 2.30. The Labute approximate surface area is 158 Å². The molecule has 0 radical (unpaired) electrons. The van der Waals surface area contributed by atoms with Crippen LogP contribution in [0.4, 0.5) is 18.9 Å². The third-order valence-electron chi connectivity index (χ3n) is 4.16. The van der Waals surface area contributed by atoms with Crippen molar-refractivity contribution in [1.29, 1.82) is 0 Å². The van der Waals surface area contributed by atoms with Gasteiger partial charge in [0.25, 0.3) is 5.91 Å². The molecule has 0 spiro atoms. The van der Waals surface area contributed by atoms with Crippen molar-refractivity contribution in [2.45, 2.75) is 17.7 Å². The van der Waals surface area contributed by atoms with Gasteiger partial charge in [0.15, 0.2) is 17.5 Å². The van der Waals surface area contributed by atoms with Crippen molar-refractivity contribution in [2.24, 2.45) is 0 Å². The molecule has 1 fully saturated rings. The number of hydrogen-bond donors (Lipinski definition) is 1. The van der Waals surface area contributed by atoms with Crippen LogP contribution in [0.1, 0.15) is 23.2 Å². The second-order valence-electron chi connectivity index (χ2n) is 5.93. The van der Waals surface area contributed by atoms with E-state index in [1.807, 2.05) is 0 Å². The predicted octanol–water partition coefficient (Wildman–Crippen LogP) is 3.79. The molecule has 0 atom stereocenters. The lowest BCUT2D eigenvalue weighted by molar-refractivity contribution is 0.102. The van der Waals surface area contributed by atoms with Gasteiger partial charge in [-0.2, -0.15) is 4.31 Å². The average molecular weight is 419 g/mol. The molecule has 2 aromatic rings. The summed E-state index contributed by atoms with van der Waals surface area (Å²) >= 11 is 6.00. The fourth-order valence-corrected chi connectivity index (χ4v) is 4.74. The molecule has 3 rings (SSSR count). The molecule has 0 aliphatic carbocycles. The lowest BCUT2D eigenvalue weighted by Gasteiger charge is -2.17. The number of anilines is 1. The summed E-state index contributed by atoms with van der Waals surface area (Å²) in [7, 11) is -3.88. The smallest absolute Gasteiger partial charge is 0.255 e. The lowest BCUT2D eigenvalue weighted by atomic mass is 10.2. The third-order valence-corrected chi connectivity index (χ3v) is 6.54. The van der Waals surface area contributed by atoms with E-state index in [4.69, 9.17) is 11.6 Å². The fourth-order valence-electron chi connectivity index (χ4n) is 2.73. The van der Waals surface area contributed by atoms with Gasteiger partial charge < -0.3 is 5.32 Å². The van der Waals surface area contributed by atoms with Crippen molar-refractivity contribution in [1.82, 2.24) is 4.31 Å². The van der Waals surface area contributed by atoms with E-state index in [1.165, 1.54) is 16.4 Å². The molecular weight excluding hydrogens is 405 g/mol. The molecule has 144 valence electrons. The number of carbonyl (C=O) groups excluding carboxylic acids is 1. The Morgan fingerprint density at radius 1 is 1.04 bits per heavy atom. The SMILES string of the molecule is O=C(Nc1ccc(F)c(F)c1F)c1ccc(Cl)c(S(=O)(=O)N2CCCC2)c1. The first-order chi connectivity index (χ1) is 12.7. The van der Waals surface area contributed by atoms with Crippen LogP contribution in [-0.2, 0) is 10.0 Å². The number of nitrogens with one attached hydrogen (secondary N) is 1. The molecule has 1 aliphatic rings. The summed E-state index contributed by atoms with van der Waals surface area (Å²) in [4.78, 5) is 12.1. The highest BCUT2D eigenvalue weighted by atomic mass is 35.5. The first kappa shape index (κ1) is 19.7. The van der Waals surface area contributed by atoms with E-state index < -0.39 is 39.1 Å². The van der Waals surface area contributed by atoms with E-state index in [9.17, 15) is 26.4 Å². The maximum absolute atomic E-state index is 13.7. The van der Waals surface area contributed by atoms with Crippen LogP contribution in [-0.4, -0.2) is 31.7 Å². The molecule has 1 aliphatic heterocycles. The Balaban J connectivity index is 1.92. The van der Waals surface area contributed by atoms with Crippen LogP contribution in [0.3, 0.4) is 0 Å². The van der Waals surface area contributed by atoms with Crippen molar-refractivity contribution in [2.75, 3.05) is 18.4 Å². The molecular formula is C17H14ClF3N2O3S. The monoisotopic (exact) mass is 418 g/mol. The zero-order chi connectivity index (χ0) is 19.8. The van der Waals surface area contributed by atoms with Gasteiger partial charge in [-0.15, -0.1) is 0 Å². The summed E-state index contributed by atoms with van der Waals surface area (Å²) in [6.45, 7) is 0.713. The zero-order valence-electron chi connectivity index (χ0n) is 13.8. The molecule has 10 heteroatoms. The number of carbonyl (C=O) groups is 1. The summed E-state index contributed by atoms with van der Waals surface area (Å²) in [5.74, 6) is -5.56. The van der Waals surface area contributed by atoms with Crippen LogP contribution in [0, 0.1) is 17.5 Å². The molecule has 5 nitrogen and oxygen atoms in total. The van der Waals surface area contributed by atoms with Crippen LogP contribution in [0.25, 0.3) is 0 Å². The zero-order valence-corrected chi connectivity index (χ0v) is 15.4. The molecule has 1 N–H and O–H groups in total. The highest BCUT2D eigenvalue weighted by Crippen LogP contribution is 2.28. The number of hydrogen-bond acceptors (Lipinski definition) is 3. The van der Waals surface area contributed by atoms with E-state index >= 15 is 0 Å². The normalized spacial score (nSPS) is 15.1. The van der Waals surface area contributed by atoms with Gasteiger partial charge in [0.1, 0.15) is 4.90 Å². The minimum Gasteiger partial charge on any atom is -0.319 e. The van der Waals surface area contributed by atoms with E-state index in [0.29, 0.717) is 19.2 Å². The first-order valence-corrected chi connectivity index (χ1v) is 9.78. The number of amides is 1. The van der Waals surface area contributed by atoms with Crippen LogP contribution in [0.5, 0.6) is 0 Å². The Morgan fingerprint density at radius 2 is 1.70 bits per heavy atom. The van der Waals surface area contributed by atoms with Crippen molar-refractivity contribution in [3.63, 3.8) is 0 Å². The number of nitrogens with zero attached hydrogens (tertiary/aromatic N) is 1. The minimum absolute atomic E-state index is 0.0579. The van der Waals surface area contributed by atoms with Gasteiger partial charge in [-0.05, 0) is 43.2 Å². The lowest BCUT2D eigenvalue weighted by Crippen LogP contribution is -2.28. The molecule has 1 heterocycles. The van der Waals surface area contributed by atoms with Crippen LogP contribution >= 0.6 is 11.6 Å². The largest absolute Gasteiger partial charge is 0.319 e. The molecule has 0 unspecified atom stereocenters. The second kappa shape index (κ2) is 7.49. The highest BCUT2D eigenvalue weighted by molar-refractivity contribution is 7.89. The number of benzene rings is 2. The summed E-state index contributed by atoms with van der Waals surface area (Å²) < 4.78 is 66.6. The second-order valence-corrected chi connectivity index (χ2v) is 8.25. The van der Waals surface area contributed by atoms with Crippen LogP contribution in [0.15, 0.2) is 35.2 Å². The molecule has 1 amide bonds. The van der Waals surface area contributed by atoms with E-state index in [1.54, 1.807) is 0 Å². The maximum atomic E-state index is 13.7. The standard InChI is InChI=1S/C17H14ClF3N2O3S/c18-11-4-3-10(9-14(11)27(25,26)23-7-1-2-8-23)17(24)22-13-6-5-12(19)15(20)16(13)21/h3-6,9H,1-2,7-8H2,(H,22,24). The molecule has 0 saturated carbocycles. The van der Waals surface area contributed by atoms with Gasteiger partial charge in [0.2, 0.25) is 10.0 Å². The van der Waals surface area contributed by atoms with Crippen molar-refractivity contribution in [3.05, 3.63) is 58.4 Å². The van der Waals surface area contributed by atoms with Gasteiger partial charge in [-0.1, -0.05) is 11.6 Å². The van der Waals surface area contributed by atoms with Crippen LogP contribution in [0.2, 0.25) is 5.02 Å². The summed E-state index contributed by atoms with van der Waals surface area (Å²) in [5, 5.41) is 2.03. The topological polar surface area (TPSA) is 66.5 Å². The molecule has 27 heavy (non-hydrogen) atoms. The number of halogens is 4. The Kier molecular flexibility index (Phi) is 5.45. The van der Waals surface area contributed by atoms with Gasteiger partial charge in [-0.25, -0.2) is 21.6 Å². The van der Waals surface area contributed by atoms with E-state index in [-0.39, 0.29) is 15.5 Å². The maximum Gasteiger partial charge on any atom is 0.255 e. The van der Waals surface area contributed by atoms with Crippen molar-refractivity contribution >= 4 is 33.2 Å². The van der Waals surface area contributed by atoms with Gasteiger partial charge in [0, 0.05) is 18.7 Å². The predicted molar refractivity (Wildman–Crippen MR) is 93.7 cm³/mol. The van der Waals surface area contributed by atoms with E-state index in [0.717, 1.165) is 25.0 Å². The molecule has 0 bridgehead atoms. The summed E-state index contributed by atoms with van der Waals surface area (Å²) in [6.07, 6.45) is 1.46. The quantitative estimate of drug-likeness (QED) is 0.768. The van der Waals surface area contributed by atoms with Gasteiger partial charge >= 0.3 is 0 Å². The van der Waals surface area contributed by atoms with Crippen molar-refractivity contribution < 1.29 is 26.4 Å². The molecule has 0 aromatic heterocycles. The summed E-state index contributed by atoms with van der Waals surface area (Å²) in [5.41, 5.74) is -0.695. The van der Waals surface area contributed by atoms with Gasteiger partial charge in [0.05, 0.1) is 10.7 Å². The molecule has 2 aromatic carbocycles. The Hall–Kier alpha value is -2.10. The average Bonchev–Trinajstić information content (AvgIpc) is 3.18. The van der Waals surface area contributed by atoms with E-state index in [2.05, 4.69) is 5.32 Å². The number of sulfonamides is 1. The summed E-state index contributed by atoms with van der Waals surface area (Å²) in [6, 6.07) is 5.09. The Bertz CT molecular complexity index is 1010.